The van der Waals surface area contributed by atoms with Crippen LogP contribution < -0.4 is 15.4 Å². The summed E-state index contributed by atoms with van der Waals surface area (Å²) in [5.41, 5.74) is 2.82. The highest BCUT2D eigenvalue weighted by Crippen LogP contribution is 2.52. The van der Waals surface area contributed by atoms with Crippen molar-refractivity contribution >= 4 is 41.8 Å². The molecule has 9 heteroatoms. The van der Waals surface area contributed by atoms with Crippen LogP contribution in [0.3, 0.4) is 0 Å². The van der Waals surface area contributed by atoms with E-state index in [1.165, 1.54) is 4.90 Å². The average molecular weight is 553 g/mol. The van der Waals surface area contributed by atoms with Crippen LogP contribution in [-0.4, -0.2) is 54.4 Å². The maximum atomic E-state index is 12.8. The molecule has 1 aromatic rings. The van der Waals surface area contributed by atoms with E-state index < -0.39 is 0 Å². The average Bonchev–Trinajstić information content (AvgIpc) is 3.43. The molecule has 32 heavy (non-hydrogen) atoms. The number of carbonyl (C=O) groups excluding carboxylic acids is 2. The van der Waals surface area contributed by atoms with Crippen molar-refractivity contribution < 1.29 is 14.3 Å². The third kappa shape index (κ3) is 4.35. The van der Waals surface area contributed by atoms with Gasteiger partial charge in [0.25, 0.3) is 0 Å². The van der Waals surface area contributed by atoms with Gasteiger partial charge >= 0.3 is 0 Å². The molecular weight excluding hydrogens is 521 g/mol. The number of pyridine rings is 1. The highest BCUT2D eigenvalue weighted by Gasteiger charge is 2.58. The summed E-state index contributed by atoms with van der Waals surface area (Å²) in [4.78, 5) is 36.2. The molecule has 1 saturated carbocycles. The van der Waals surface area contributed by atoms with E-state index in [1.807, 2.05) is 20.8 Å². The number of fused-ring (bicyclic) bond motifs is 5. The maximum Gasteiger partial charge on any atom is 0.233 e. The van der Waals surface area contributed by atoms with Crippen LogP contribution in [0.4, 0.5) is 0 Å². The van der Waals surface area contributed by atoms with Gasteiger partial charge in [-0.1, -0.05) is 12.2 Å². The van der Waals surface area contributed by atoms with Gasteiger partial charge in [0, 0.05) is 37.0 Å². The molecular formula is C23H32IN5O3. The molecule has 4 unspecified atom stereocenters. The van der Waals surface area contributed by atoms with Crippen LogP contribution in [0.25, 0.3) is 0 Å². The number of allylic oxidation sites excluding steroid dienone is 2. The predicted octanol–water partition coefficient (Wildman–Crippen LogP) is 2.19. The van der Waals surface area contributed by atoms with E-state index in [4.69, 9.17) is 4.74 Å². The number of aromatic nitrogens is 1. The van der Waals surface area contributed by atoms with Gasteiger partial charge in [0.05, 0.1) is 31.2 Å². The molecule has 2 aliphatic carbocycles. The van der Waals surface area contributed by atoms with E-state index in [0.29, 0.717) is 32.1 Å². The third-order valence-electron chi connectivity index (χ3n) is 6.67. The molecule has 2 bridgehead atoms. The molecule has 2 amide bonds. The Balaban J connectivity index is 0.00000289. The van der Waals surface area contributed by atoms with Gasteiger partial charge in [-0.05, 0) is 39.0 Å². The molecule has 0 spiro atoms. The number of guanidine groups is 1. The number of carbonyl (C=O) groups is 2. The van der Waals surface area contributed by atoms with E-state index in [2.05, 4.69) is 32.8 Å². The minimum Gasteiger partial charge on any atom is -0.496 e. The summed E-state index contributed by atoms with van der Waals surface area (Å²) in [6.45, 7) is 7.85. The minimum absolute atomic E-state index is 0. The van der Waals surface area contributed by atoms with Crippen LogP contribution in [0.5, 0.6) is 5.75 Å². The molecule has 1 saturated heterocycles. The van der Waals surface area contributed by atoms with Gasteiger partial charge in [-0.2, -0.15) is 0 Å². The molecule has 1 aromatic heterocycles. The summed E-state index contributed by atoms with van der Waals surface area (Å²) in [7, 11) is 1.66. The zero-order chi connectivity index (χ0) is 22.1. The molecule has 1 aliphatic heterocycles. The fourth-order valence-electron chi connectivity index (χ4n) is 5.20. The molecule has 8 nitrogen and oxygen atoms in total. The molecule has 0 aromatic carbocycles. The number of aryl methyl sites for hydroxylation is 1. The number of nitrogens with one attached hydrogen (secondary N) is 2. The van der Waals surface area contributed by atoms with E-state index >= 15 is 0 Å². The second-order valence-corrected chi connectivity index (χ2v) is 8.50. The van der Waals surface area contributed by atoms with Gasteiger partial charge in [0.1, 0.15) is 5.75 Å². The van der Waals surface area contributed by atoms with E-state index in [0.717, 1.165) is 29.0 Å². The summed E-state index contributed by atoms with van der Waals surface area (Å²) in [5.74, 6) is 1.63. The zero-order valence-electron chi connectivity index (χ0n) is 19.1. The molecule has 0 radical (unpaired) electrons. The number of halogens is 1. The summed E-state index contributed by atoms with van der Waals surface area (Å²) < 4.78 is 5.47. The minimum atomic E-state index is -0.144. The Kier molecular flexibility index (Phi) is 7.79. The van der Waals surface area contributed by atoms with Crippen molar-refractivity contribution in [2.24, 2.45) is 28.7 Å². The van der Waals surface area contributed by atoms with Gasteiger partial charge in [0.15, 0.2) is 5.96 Å². The van der Waals surface area contributed by atoms with Crippen LogP contribution in [0, 0.1) is 37.5 Å². The number of aliphatic imine (C=N–C) groups is 1. The SMILES string of the molecule is CCNC(=NCc1ncc(C)c(OC)c1C)NCCN1C(=O)C2C3C=CC(C3)C2C1=O.I. The number of amides is 2. The van der Waals surface area contributed by atoms with Crippen molar-refractivity contribution in [1.29, 1.82) is 0 Å². The van der Waals surface area contributed by atoms with Gasteiger partial charge in [-0.25, -0.2) is 4.99 Å². The molecule has 2 N–H and O–H groups in total. The Morgan fingerprint density at radius 1 is 1.19 bits per heavy atom. The Bertz CT molecular complexity index is 918. The van der Waals surface area contributed by atoms with Crippen LogP contribution in [0.1, 0.15) is 30.2 Å². The number of nitrogens with zero attached hydrogens (tertiary/aromatic N) is 3. The van der Waals surface area contributed by atoms with Crippen molar-refractivity contribution in [1.82, 2.24) is 20.5 Å². The van der Waals surface area contributed by atoms with Gasteiger partial charge < -0.3 is 15.4 Å². The summed E-state index contributed by atoms with van der Waals surface area (Å²) in [6, 6.07) is 0. The van der Waals surface area contributed by atoms with Gasteiger partial charge in [-0.15, -0.1) is 24.0 Å². The molecule has 3 aliphatic rings. The highest BCUT2D eigenvalue weighted by atomic mass is 127. The Morgan fingerprint density at radius 2 is 1.84 bits per heavy atom. The van der Waals surface area contributed by atoms with E-state index in [9.17, 15) is 9.59 Å². The summed E-state index contributed by atoms with van der Waals surface area (Å²) in [5, 5.41) is 6.45. The fourth-order valence-corrected chi connectivity index (χ4v) is 5.20. The largest absolute Gasteiger partial charge is 0.496 e. The third-order valence-corrected chi connectivity index (χ3v) is 6.67. The van der Waals surface area contributed by atoms with Crippen molar-refractivity contribution in [2.75, 3.05) is 26.7 Å². The number of methoxy groups -OCH3 is 1. The number of rotatable bonds is 7. The predicted molar refractivity (Wildman–Crippen MR) is 133 cm³/mol. The Labute approximate surface area is 206 Å². The van der Waals surface area contributed by atoms with Crippen molar-refractivity contribution in [3.63, 3.8) is 0 Å². The number of hydrogen-bond acceptors (Lipinski definition) is 5. The van der Waals surface area contributed by atoms with Crippen molar-refractivity contribution in [3.05, 3.63) is 35.2 Å². The van der Waals surface area contributed by atoms with Gasteiger partial charge in [-0.3, -0.25) is 19.5 Å². The molecule has 4 rings (SSSR count). The first-order valence-electron chi connectivity index (χ1n) is 11.0. The van der Waals surface area contributed by atoms with E-state index in [-0.39, 0.29) is 59.5 Å². The maximum absolute atomic E-state index is 12.8. The summed E-state index contributed by atoms with van der Waals surface area (Å²) in [6.07, 6.45) is 6.98. The quantitative estimate of drug-likeness (QED) is 0.177. The van der Waals surface area contributed by atoms with E-state index in [1.54, 1.807) is 13.3 Å². The van der Waals surface area contributed by atoms with Crippen molar-refractivity contribution in [2.45, 2.75) is 33.7 Å². The number of imide groups is 1. The Hall–Kier alpha value is -2.17. The van der Waals surface area contributed by atoms with Crippen LogP contribution in [0.15, 0.2) is 23.3 Å². The van der Waals surface area contributed by atoms with Crippen LogP contribution >= 0.6 is 24.0 Å². The lowest BCUT2D eigenvalue weighted by Crippen LogP contribution is -2.43. The first-order chi connectivity index (χ1) is 15.0. The summed E-state index contributed by atoms with van der Waals surface area (Å²) >= 11 is 0. The Morgan fingerprint density at radius 3 is 2.44 bits per heavy atom. The van der Waals surface area contributed by atoms with Crippen LogP contribution in [0.2, 0.25) is 0 Å². The topological polar surface area (TPSA) is 95.9 Å². The normalized spacial score (nSPS) is 25.8. The lowest BCUT2D eigenvalue weighted by atomic mass is 9.85. The first-order valence-corrected chi connectivity index (χ1v) is 11.0. The van der Waals surface area contributed by atoms with Gasteiger partial charge in [0.2, 0.25) is 11.8 Å². The first kappa shape index (κ1) is 24.5. The second-order valence-electron chi connectivity index (χ2n) is 8.50. The standard InChI is InChI=1S/C23H31N5O3.HI/c1-5-24-23(27-12-17-14(3)20(31-4)13(2)11-26-17)25-8-9-28-21(29)18-15-6-7-16(10-15)19(18)22(28)30;/h6-7,11,15-16,18-19H,5,8-10,12H2,1-4H3,(H2,24,25,27);1H. The van der Waals surface area contributed by atoms with Crippen LogP contribution in [-0.2, 0) is 16.1 Å². The molecule has 2 fully saturated rings. The monoisotopic (exact) mass is 553 g/mol. The highest BCUT2D eigenvalue weighted by molar-refractivity contribution is 14.0. The number of ether oxygens (including phenoxy) is 1. The lowest BCUT2D eigenvalue weighted by molar-refractivity contribution is -0.140. The molecule has 4 atom stereocenters. The molecule has 174 valence electrons. The lowest BCUT2D eigenvalue weighted by Gasteiger charge is -2.18. The number of hydrogen-bond donors (Lipinski definition) is 2. The fraction of sp³-hybridized carbons (Fsp3) is 0.565. The van der Waals surface area contributed by atoms with Crippen molar-refractivity contribution in [3.8, 4) is 5.75 Å². The number of likely N-dealkylation sites (tertiary alicyclic amines) is 1. The smallest absolute Gasteiger partial charge is 0.233 e. The second kappa shape index (κ2) is 10.2. The molecule has 2 heterocycles. The zero-order valence-corrected chi connectivity index (χ0v) is 21.4.